The number of likely N-dealkylation sites (tertiary alicyclic amines) is 1. The molecule has 0 aliphatic carbocycles. The van der Waals surface area contributed by atoms with E-state index in [9.17, 15) is 9.90 Å². The molecule has 3 unspecified atom stereocenters. The number of nitrogens with one attached hydrogen (secondary N) is 2. The van der Waals surface area contributed by atoms with Crippen molar-refractivity contribution in [2.24, 2.45) is 5.92 Å². The molecule has 134 valence electrons. The fourth-order valence-corrected chi connectivity index (χ4v) is 3.21. The highest BCUT2D eigenvalue weighted by Gasteiger charge is 2.24. The highest BCUT2D eigenvalue weighted by Crippen LogP contribution is 2.19. The molecule has 1 aromatic rings. The molecule has 2 amide bonds. The van der Waals surface area contributed by atoms with Crippen molar-refractivity contribution in [3.05, 3.63) is 35.9 Å². The lowest BCUT2D eigenvalue weighted by atomic mass is 9.96. The van der Waals surface area contributed by atoms with E-state index in [1.807, 2.05) is 30.3 Å². The summed E-state index contributed by atoms with van der Waals surface area (Å²) in [5.74, 6) is 0.732. The molecule has 5 heteroatoms. The van der Waals surface area contributed by atoms with Gasteiger partial charge < -0.3 is 15.7 Å². The second-order valence-electron chi connectivity index (χ2n) is 7.29. The first kappa shape index (κ1) is 18.7. The standard InChI is InChI=1S/C19H31N3O2/c1-15-8-7-11-22(13-15)16(2)12-20-18(23)21-14-19(3,24)17-9-5-4-6-10-17/h4-6,9-10,15-16,24H,7-8,11-14H2,1-3H3,(H2,20,21,23). The molecule has 1 saturated heterocycles. The SMILES string of the molecule is CC1CCCN(C(C)CNC(=O)NCC(C)(O)c2ccccc2)C1. The van der Waals surface area contributed by atoms with E-state index in [0.717, 1.165) is 24.6 Å². The highest BCUT2D eigenvalue weighted by atomic mass is 16.3. The van der Waals surface area contributed by atoms with Crippen LogP contribution in [0.3, 0.4) is 0 Å². The van der Waals surface area contributed by atoms with Crippen LogP contribution in [0, 0.1) is 5.92 Å². The van der Waals surface area contributed by atoms with Gasteiger partial charge in [-0.3, -0.25) is 4.90 Å². The Hall–Kier alpha value is -1.59. The van der Waals surface area contributed by atoms with Gasteiger partial charge in [-0.1, -0.05) is 37.3 Å². The summed E-state index contributed by atoms with van der Waals surface area (Å²) < 4.78 is 0. The zero-order valence-electron chi connectivity index (χ0n) is 15.1. The van der Waals surface area contributed by atoms with Crippen molar-refractivity contribution in [2.45, 2.75) is 45.3 Å². The van der Waals surface area contributed by atoms with E-state index >= 15 is 0 Å². The summed E-state index contributed by atoms with van der Waals surface area (Å²) in [5, 5.41) is 16.2. The third kappa shape index (κ3) is 5.49. The molecular formula is C19H31N3O2. The lowest BCUT2D eigenvalue weighted by Gasteiger charge is -2.35. The zero-order valence-corrected chi connectivity index (χ0v) is 15.1. The van der Waals surface area contributed by atoms with Gasteiger partial charge in [0.05, 0.1) is 6.54 Å². The summed E-state index contributed by atoms with van der Waals surface area (Å²) in [5.41, 5.74) is -0.284. The van der Waals surface area contributed by atoms with Crippen LogP contribution < -0.4 is 10.6 Å². The maximum absolute atomic E-state index is 12.0. The van der Waals surface area contributed by atoms with Gasteiger partial charge in [-0.15, -0.1) is 0 Å². The molecule has 1 fully saturated rings. The van der Waals surface area contributed by atoms with Gasteiger partial charge in [0.2, 0.25) is 0 Å². The average molecular weight is 333 g/mol. The molecule has 0 spiro atoms. The summed E-state index contributed by atoms with van der Waals surface area (Å²) in [7, 11) is 0. The Bertz CT molecular complexity index is 519. The quantitative estimate of drug-likeness (QED) is 0.748. The number of carbonyl (C=O) groups excluding carboxylic acids is 1. The number of benzene rings is 1. The van der Waals surface area contributed by atoms with Gasteiger partial charge in [0.25, 0.3) is 0 Å². The number of piperidine rings is 1. The van der Waals surface area contributed by atoms with Crippen molar-refractivity contribution in [3.8, 4) is 0 Å². The molecule has 2 rings (SSSR count). The molecule has 0 radical (unpaired) electrons. The van der Waals surface area contributed by atoms with E-state index in [2.05, 4.69) is 29.4 Å². The van der Waals surface area contributed by atoms with E-state index in [0.29, 0.717) is 12.6 Å². The van der Waals surface area contributed by atoms with Crippen LogP contribution in [0.1, 0.15) is 39.2 Å². The van der Waals surface area contributed by atoms with Gasteiger partial charge in [-0.2, -0.15) is 0 Å². The third-order valence-corrected chi connectivity index (χ3v) is 4.86. The number of aliphatic hydroxyl groups is 1. The summed E-state index contributed by atoms with van der Waals surface area (Å²) in [6.45, 7) is 9.15. The predicted octanol–water partition coefficient (Wildman–Crippen LogP) is 2.31. The van der Waals surface area contributed by atoms with Crippen molar-refractivity contribution in [1.82, 2.24) is 15.5 Å². The minimum Gasteiger partial charge on any atom is -0.384 e. The van der Waals surface area contributed by atoms with Crippen molar-refractivity contribution in [1.29, 1.82) is 0 Å². The van der Waals surface area contributed by atoms with Gasteiger partial charge in [0.15, 0.2) is 0 Å². The number of hydrogen-bond acceptors (Lipinski definition) is 3. The van der Waals surface area contributed by atoms with Crippen LogP contribution in [0.2, 0.25) is 0 Å². The molecule has 0 bridgehead atoms. The maximum atomic E-state index is 12.0. The zero-order chi connectivity index (χ0) is 17.6. The molecule has 3 N–H and O–H groups in total. The van der Waals surface area contributed by atoms with Crippen LogP contribution in [0.15, 0.2) is 30.3 Å². The van der Waals surface area contributed by atoms with Gasteiger partial charge in [0, 0.05) is 19.1 Å². The monoisotopic (exact) mass is 333 g/mol. The Kier molecular flexibility index (Phi) is 6.63. The number of nitrogens with zero attached hydrogens (tertiary/aromatic N) is 1. The largest absolute Gasteiger partial charge is 0.384 e. The lowest BCUT2D eigenvalue weighted by Crippen LogP contribution is -2.49. The summed E-state index contributed by atoms with van der Waals surface area (Å²) in [4.78, 5) is 14.5. The molecule has 0 aromatic heterocycles. The fourth-order valence-electron chi connectivity index (χ4n) is 3.21. The lowest BCUT2D eigenvalue weighted by molar-refractivity contribution is 0.0592. The van der Waals surface area contributed by atoms with Crippen LogP contribution >= 0.6 is 0 Å². The van der Waals surface area contributed by atoms with E-state index in [-0.39, 0.29) is 12.6 Å². The predicted molar refractivity (Wildman–Crippen MR) is 96.8 cm³/mol. The number of amides is 2. The van der Waals surface area contributed by atoms with Crippen molar-refractivity contribution < 1.29 is 9.90 Å². The van der Waals surface area contributed by atoms with Crippen LogP contribution in [-0.2, 0) is 5.60 Å². The summed E-state index contributed by atoms with van der Waals surface area (Å²) in [6, 6.07) is 9.48. The fraction of sp³-hybridized carbons (Fsp3) is 0.632. The molecule has 1 heterocycles. The van der Waals surface area contributed by atoms with Crippen molar-refractivity contribution in [2.75, 3.05) is 26.2 Å². The molecule has 1 aromatic carbocycles. The van der Waals surface area contributed by atoms with Gasteiger partial charge in [-0.05, 0) is 44.7 Å². The molecule has 3 atom stereocenters. The molecule has 0 saturated carbocycles. The van der Waals surface area contributed by atoms with Gasteiger partial charge in [-0.25, -0.2) is 4.79 Å². The van der Waals surface area contributed by atoms with E-state index < -0.39 is 5.60 Å². The van der Waals surface area contributed by atoms with Crippen LogP contribution in [0.4, 0.5) is 4.79 Å². The van der Waals surface area contributed by atoms with Crippen molar-refractivity contribution in [3.63, 3.8) is 0 Å². The molecule has 1 aliphatic heterocycles. The summed E-state index contributed by atoms with van der Waals surface area (Å²) in [6.07, 6.45) is 2.53. The first-order valence-corrected chi connectivity index (χ1v) is 8.92. The van der Waals surface area contributed by atoms with E-state index in [1.54, 1.807) is 6.92 Å². The highest BCUT2D eigenvalue weighted by molar-refractivity contribution is 5.73. The van der Waals surface area contributed by atoms with Gasteiger partial charge >= 0.3 is 6.03 Å². The number of carbonyl (C=O) groups is 1. The molecule has 24 heavy (non-hydrogen) atoms. The Balaban J connectivity index is 1.73. The van der Waals surface area contributed by atoms with Crippen LogP contribution in [0.5, 0.6) is 0 Å². The van der Waals surface area contributed by atoms with Crippen LogP contribution in [0.25, 0.3) is 0 Å². The normalized spacial score (nSPS) is 22.4. The number of urea groups is 1. The molecule has 1 aliphatic rings. The first-order chi connectivity index (χ1) is 11.4. The van der Waals surface area contributed by atoms with E-state index in [4.69, 9.17) is 0 Å². The minimum atomic E-state index is -1.08. The summed E-state index contributed by atoms with van der Waals surface area (Å²) >= 11 is 0. The second kappa shape index (κ2) is 8.49. The van der Waals surface area contributed by atoms with Gasteiger partial charge in [0.1, 0.15) is 5.60 Å². The van der Waals surface area contributed by atoms with Crippen molar-refractivity contribution >= 4 is 6.03 Å². The molecule has 5 nitrogen and oxygen atoms in total. The first-order valence-electron chi connectivity index (χ1n) is 8.92. The topological polar surface area (TPSA) is 64.6 Å². The van der Waals surface area contributed by atoms with Crippen LogP contribution in [-0.4, -0.2) is 48.3 Å². The Morgan fingerprint density at radius 1 is 1.38 bits per heavy atom. The Labute approximate surface area is 145 Å². The average Bonchev–Trinajstić information content (AvgIpc) is 2.58. The Morgan fingerprint density at radius 3 is 2.75 bits per heavy atom. The minimum absolute atomic E-state index is 0.179. The maximum Gasteiger partial charge on any atom is 0.314 e. The molecular weight excluding hydrogens is 302 g/mol. The van der Waals surface area contributed by atoms with E-state index in [1.165, 1.54) is 12.8 Å². The number of rotatable bonds is 6. The third-order valence-electron chi connectivity index (χ3n) is 4.86. The Morgan fingerprint density at radius 2 is 2.08 bits per heavy atom. The smallest absolute Gasteiger partial charge is 0.314 e. The second-order valence-corrected chi connectivity index (χ2v) is 7.29. The number of hydrogen-bond donors (Lipinski definition) is 3.